The highest BCUT2D eigenvalue weighted by Crippen LogP contribution is 2.11. The highest BCUT2D eigenvalue weighted by molar-refractivity contribution is 7.98. The standard InChI is InChI=1S/C10H10N4OS2/c1-16-10-13-12-8(9(15)14(10)11)5-4-7-3-2-6-17-7/h2-6H,11H2,1H3/b5-4-. The minimum atomic E-state index is -0.350. The zero-order valence-electron chi connectivity index (χ0n) is 9.03. The largest absolute Gasteiger partial charge is 0.334 e. The summed E-state index contributed by atoms with van der Waals surface area (Å²) >= 11 is 2.86. The van der Waals surface area contributed by atoms with E-state index in [0.29, 0.717) is 5.16 Å². The van der Waals surface area contributed by atoms with Gasteiger partial charge in [-0.15, -0.1) is 21.5 Å². The Labute approximate surface area is 106 Å². The smallest absolute Gasteiger partial charge is 0.298 e. The Morgan fingerprint density at radius 1 is 1.47 bits per heavy atom. The molecule has 0 atom stereocenters. The van der Waals surface area contributed by atoms with Gasteiger partial charge in [0.25, 0.3) is 5.56 Å². The van der Waals surface area contributed by atoms with Crippen molar-refractivity contribution in [2.45, 2.75) is 5.16 Å². The SMILES string of the molecule is CSc1nnc(/C=C\c2cccs2)c(=O)n1N. The van der Waals surface area contributed by atoms with Crippen molar-refractivity contribution in [3.63, 3.8) is 0 Å². The fourth-order valence-electron chi connectivity index (χ4n) is 1.19. The minimum Gasteiger partial charge on any atom is -0.334 e. The lowest BCUT2D eigenvalue weighted by Crippen LogP contribution is -2.32. The van der Waals surface area contributed by atoms with Crippen LogP contribution in [0.3, 0.4) is 0 Å². The van der Waals surface area contributed by atoms with Crippen molar-refractivity contribution < 1.29 is 0 Å². The second kappa shape index (κ2) is 5.15. The summed E-state index contributed by atoms with van der Waals surface area (Å²) in [5, 5.41) is 10.1. The van der Waals surface area contributed by atoms with Crippen LogP contribution in [0.2, 0.25) is 0 Å². The summed E-state index contributed by atoms with van der Waals surface area (Å²) in [7, 11) is 0. The number of thioether (sulfide) groups is 1. The Kier molecular flexibility index (Phi) is 3.60. The lowest BCUT2D eigenvalue weighted by molar-refractivity contribution is 0.695. The van der Waals surface area contributed by atoms with E-state index in [1.54, 1.807) is 23.7 Å². The molecule has 2 rings (SSSR count). The molecule has 0 radical (unpaired) electrons. The molecule has 0 fully saturated rings. The summed E-state index contributed by atoms with van der Waals surface area (Å²) in [6.07, 6.45) is 5.22. The van der Waals surface area contributed by atoms with Gasteiger partial charge in [0.2, 0.25) is 5.16 Å². The highest BCUT2D eigenvalue weighted by atomic mass is 32.2. The van der Waals surface area contributed by atoms with E-state index in [4.69, 9.17) is 5.84 Å². The molecule has 0 aliphatic carbocycles. The summed E-state index contributed by atoms with van der Waals surface area (Å²) in [6.45, 7) is 0. The van der Waals surface area contributed by atoms with Crippen LogP contribution < -0.4 is 11.4 Å². The third-order valence-electron chi connectivity index (χ3n) is 2.02. The predicted octanol–water partition coefficient (Wildman–Crippen LogP) is 1.31. The average Bonchev–Trinajstić information content (AvgIpc) is 2.84. The van der Waals surface area contributed by atoms with Crippen LogP contribution in [0.5, 0.6) is 0 Å². The van der Waals surface area contributed by atoms with Gasteiger partial charge in [-0.3, -0.25) is 4.79 Å². The first-order valence-corrected chi connectivity index (χ1v) is 6.83. The lowest BCUT2D eigenvalue weighted by Gasteiger charge is -2.02. The molecule has 17 heavy (non-hydrogen) atoms. The van der Waals surface area contributed by atoms with E-state index in [1.807, 2.05) is 23.6 Å². The minimum absolute atomic E-state index is 0.235. The molecular weight excluding hydrogens is 256 g/mol. The Hall–Kier alpha value is -1.60. The van der Waals surface area contributed by atoms with E-state index in [0.717, 1.165) is 9.55 Å². The van der Waals surface area contributed by atoms with Crippen LogP contribution in [0.15, 0.2) is 27.5 Å². The lowest BCUT2D eigenvalue weighted by atomic mass is 10.3. The van der Waals surface area contributed by atoms with Crippen molar-refractivity contribution in [1.82, 2.24) is 14.9 Å². The summed E-state index contributed by atoms with van der Waals surface area (Å²) in [5.41, 5.74) is -0.115. The predicted molar refractivity (Wildman–Crippen MR) is 71.5 cm³/mol. The van der Waals surface area contributed by atoms with E-state index in [1.165, 1.54) is 11.8 Å². The number of hydrogen-bond acceptors (Lipinski definition) is 6. The number of thiophene rings is 1. The van der Waals surface area contributed by atoms with Gasteiger partial charge < -0.3 is 5.84 Å². The number of nitrogens with two attached hydrogens (primary N) is 1. The van der Waals surface area contributed by atoms with E-state index in [9.17, 15) is 4.79 Å². The summed E-state index contributed by atoms with van der Waals surface area (Å²) in [5.74, 6) is 5.59. The van der Waals surface area contributed by atoms with Gasteiger partial charge in [-0.1, -0.05) is 17.8 Å². The van der Waals surface area contributed by atoms with E-state index >= 15 is 0 Å². The maximum absolute atomic E-state index is 11.8. The Bertz CT molecular complexity index is 589. The molecule has 0 spiro atoms. The second-order valence-electron chi connectivity index (χ2n) is 3.10. The van der Waals surface area contributed by atoms with Crippen LogP contribution in [-0.4, -0.2) is 21.1 Å². The summed E-state index contributed by atoms with van der Waals surface area (Å²) in [4.78, 5) is 12.8. The normalized spacial score (nSPS) is 11.1. The average molecular weight is 266 g/mol. The van der Waals surface area contributed by atoms with E-state index < -0.39 is 0 Å². The maximum atomic E-state index is 11.8. The van der Waals surface area contributed by atoms with Crippen LogP contribution in [-0.2, 0) is 0 Å². The molecule has 88 valence electrons. The van der Waals surface area contributed by atoms with E-state index in [2.05, 4.69) is 10.2 Å². The van der Waals surface area contributed by atoms with Gasteiger partial charge in [0.15, 0.2) is 5.69 Å². The van der Waals surface area contributed by atoms with Crippen LogP contribution in [0.1, 0.15) is 10.6 Å². The molecule has 2 aromatic heterocycles. The third-order valence-corrected chi connectivity index (χ3v) is 3.50. The first kappa shape index (κ1) is 11.9. The second-order valence-corrected chi connectivity index (χ2v) is 4.85. The zero-order valence-corrected chi connectivity index (χ0v) is 10.7. The van der Waals surface area contributed by atoms with Crippen molar-refractivity contribution in [1.29, 1.82) is 0 Å². The molecule has 2 N–H and O–H groups in total. The summed E-state index contributed by atoms with van der Waals surface area (Å²) in [6, 6.07) is 3.89. The molecule has 0 saturated heterocycles. The number of aromatic nitrogens is 3. The van der Waals surface area contributed by atoms with Crippen molar-refractivity contribution in [2.75, 3.05) is 12.1 Å². The number of nitrogen functional groups attached to an aromatic ring is 1. The fraction of sp³-hybridized carbons (Fsp3) is 0.100. The van der Waals surface area contributed by atoms with Gasteiger partial charge in [-0.2, -0.15) is 4.68 Å². The van der Waals surface area contributed by atoms with Gasteiger partial charge in [-0.05, 0) is 29.9 Å². The molecule has 0 saturated carbocycles. The van der Waals surface area contributed by atoms with Gasteiger partial charge in [0.1, 0.15) is 0 Å². The molecule has 7 heteroatoms. The third kappa shape index (κ3) is 2.56. The van der Waals surface area contributed by atoms with Crippen LogP contribution in [0.25, 0.3) is 12.2 Å². The molecule has 0 aliphatic heterocycles. The number of nitrogens with zero attached hydrogens (tertiary/aromatic N) is 3. The monoisotopic (exact) mass is 266 g/mol. The van der Waals surface area contributed by atoms with E-state index in [-0.39, 0.29) is 11.3 Å². The molecular formula is C10H10N4OS2. The highest BCUT2D eigenvalue weighted by Gasteiger charge is 2.06. The Morgan fingerprint density at radius 2 is 2.29 bits per heavy atom. The molecule has 2 heterocycles. The van der Waals surface area contributed by atoms with Gasteiger partial charge in [0, 0.05) is 4.88 Å². The van der Waals surface area contributed by atoms with Gasteiger partial charge >= 0.3 is 0 Å². The maximum Gasteiger partial charge on any atom is 0.298 e. The molecule has 0 aromatic carbocycles. The number of hydrogen-bond donors (Lipinski definition) is 1. The van der Waals surface area contributed by atoms with Crippen LogP contribution in [0.4, 0.5) is 0 Å². The van der Waals surface area contributed by atoms with Crippen LogP contribution in [0, 0.1) is 0 Å². The Balaban J connectivity index is 2.35. The molecule has 5 nitrogen and oxygen atoms in total. The van der Waals surface area contributed by atoms with Crippen molar-refractivity contribution in [2.24, 2.45) is 0 Å². The first-order chi connectivity index (χ1) is 8.22. The first-order valence-electron chi connectivity index (χ1n) is 4.72. The number of rotatable bonds is 3. The van der Waals surface area contributed by atoms with Crippen molar-refractivity contribution in [3.8, 4) is 0 Å². The summed E-state index contributed by atoms with van der Waals surface area (Å²) < 4.78 is 1.01. The van der Waals surface area contributed by atoms with Gasteiger partial charge in [-0.25, -0.2) is 0 Å². The van der Waals surface area contributed by atoms with Crippen LogP contribution >= 0.6 is 23.1 Å². The molecule has 0 amide bonds. The Morgan fingerprint density at radius 3 is 2.94 bits per heavy atom. The van der Waals surface area contributed by atoms with Gasteiger partial charge in [0.05, 0.1) is 0 Å². The molecule has 2 aromatic rings. The molecule has 0 unspecified atom stereocenters. The zero-order chi connectivity index (χ0) is 12.3. The quantitative estimate of drug-likeness (QED) is 0.669. The fourth-order valence-corrected chi connectivity index (χ4v) is 2.21. The molecule has 0 aliphatic rings. The topological polar surface area (TPSA) is 73.8 Å². The van der Waals surface area contributed by atoms with Crippen molar-refractivity contribution in [3.05, 3.63) is 38.4 Å². The molecule has 0 bridgehead atoms. The van der Waals surface area contributed by atoms with Crippen molar-refractivity contribution >= 4 is 35.3 Å².